The molecule has 0 fully saturated rings. The number of halogens is 2. The van der Waals surface area contributed by atoms with Crippen LogP contribution in [-0.4, -0.2) is 0 Å². The van der Waals surface area contributed by atoms with Gasteiger partial charge in [-0.3, -0.25) is 0 Å². The minimum atomic E-state index is -0.826. The van der Waals surface area contributed by atoms with E-state index in [-0.39, 0.29) is 0 Å². The van der Waals surface area contributed by atoms with Gasteiger partial charge in [0.05, 0.1) is 0 Å². The number of hydrogen-bond donors (Lipinski definition) is 0. The van der Waals surface area contributed by atoms with Crippen LogP contribution in [0.25, 0.3) is 0 Å². The summed E-state index contributed by atoms with van der Waals surface area (Å²) in [5.41, 5.74) is 5.61. The Kier molecular flexibility index (Phi) is 13.0. The molecular weight excluding hydrogens is 366 g/mol. The third-order valence-electron chi connectivity index (χ3n) is 2.86. The van der Waals surface area contributed by atoms with E-state index in [9.17, 15) is 0 Å². The first-order valence-electron chi connectivity index (χ1n) is 6.91. The monoisotopic (exact) mass is 388 g/mol. The van der Waals surface area contributed by atoms with Crippen molar-refractivity contribution in [3.8, 4) is 0 Å². The van der Waals surface area contributed by atoms with Crippen molar-refractivity contribution in [2.24, 2.45) is 0 Å². The molecule has 0 unspecified atom stereocenters. The van der Waals surface area contributed by atoms with E-state index in [0.717, 1.165) is 0 Å². The first-order valence-corrected chi connectivity index (χ1v) is 13.2. The quantitative estimate of drug-likeness (QED) is 0.528. The summed E-state index contributed by atoms with van der Waals surface area (Å²) in [4.78, 5) is 0. The molecule has 110 valence electrons. The molecule has 0 bridgehead atoms. The van der Waals surface area contributed by atoms with Crippen molar-refractivity contribution in [1.29, 1.82) is 0 Å². The summed E-state index contributed by atoms with van der Waals surface area (Å²) in [7, 11) is 9.87. The third kappa shape index (κ3) is 10.9. The van der Waals surface area contributed by atoms with Crippen molar-refractivity contribution < 1.29 is 20.8 Å². The molecule has 0 atom stereocenters. The molecule has 0 nitrogen and oxygen atoms in total. The van der Waals surface area contributed by atoms with E-state index >= 15 is 0 Å². The van der Waals surface area contributed by atoms with Crippen molar-refractivity contribution >= 4 is 17.0 Å². The van der Waals surface area contributed by atoms with E-state index in [4.69, 9.17) is 17.0 Å². The molecule has 0 aliphatic heterocycles. The predicted molar refractivity (Wildman–Crippen MR) is 88.6 cm³/mol. The second-order valence-electron chi connectivity index (χ2n) is 4.94. The summed E-state index contributed by atoms with van der Waals surface area (Å²) in [5.74, 6) is 0. The molecule has 2 aromatic rings. The van der Waals surface area contributed by atoms with Gasteiger partial charge in [0.1, 0.15) is 0 Å². The maximum atomic E-state index is 4.93. The van der Waals surface area contributed by atoms with Crippen LogP contribution in [0.2, 0.25) is 0 Å². The SMILES string of the molecule is CCCC[c-]1ccc(C)c1.Cc1cc[c-](C)c1.[Cl][Zr+2][Cl]. The summed E-state index contributed by atoms with van der Waals surface area (Å²) >= 11 is -0.826. The minimum absolute atomic E-state index is 0.826. The molecule has 0 N–H and O–H groups in total. The van der Waals surface area contributed by atoms with Gasteiger partial charge in [-0.25, -0.2) is 23.3 Å². The zero-order chi connectivity index (χ0) is 15.4. The molecule has 0 amide bonds. The fourth-order valence-electron chi connectivity index (χ4n) is 1.88. The van der Waals surface area contributed by atoms with Crippen molar-refractivity contribution in [2.45, 2.75) is 47.0 Å². The van der Waals surface area contributed by atoms with Crippen molar-refractivity contribution in [3.05, 3.63) is 58.7 Å². The summed E-state index contributed by atoms with van der Waals surface area (Å²) in [5, 5.41) is 0. The van der Waals surface area contributed by atoms with Crippen LogP contribution in [0.4, 0.5) is 0 Å². The van der Waals surface area contributed by atoms with E-state index in [1.807, 2.05) is 0 Å². The first kappa shape index (κ1) is 20.2. The Morgan fingerprint density at radius 1 is 1.05 bits per heavy atom. The fourth-order valence-corrected chi connectivity index (χ4v) is 1.88. The molecule has 0 saturated heterocycles. The molecule has 2 aromatic carbocycles. The Morgan fingerprint density at radius 2 is 1.60 bits per heavy atom. The predicted octanol–water partition coefficient (Wildman–Crippen LogP) is 6.46. The molecular formula is C17H24Cl2Zr. The van der Waals surface area contributed by atoms with Crippen LogP contribution in [-0.2, 0) is 27.3 Å². The Bertz CT molecular complexity index is 427. The number of rotatable bonds is 3. The van der Waals surface area contributed by atoms with Crippen LogP contribution in [0.3, 0.4) is 0 Å². The topological polar surface area (TPSA) is 0 Å². The number of unbranched alkanes of at least 4 members (excludes halogenated alkanes) is 1. The molecule has 3 heteroatoms. The van der Waals surface area contributed by atoms with Gasteiger partial charge in [-0.05, 0) is 0 Å². The van der Waals surface area contributed by atoms with Crippen molar-refractivity contribution in [3.63, 3.8) is 0 Å². The van der Waals surface area contributed by atoms with Gasteiger partial charge in [0.25, 0.3) is 0 Å². The van der Waals surface area contributed by atoms with Gasteiger partial charge in [0.15, 0.2) is 0 Å². The standard InChI is InChI=1S/C10H15.C7H9.2ClH.Zr/c1-3-4-5-10-7-6-9(2)8-10;1-6-3-4-7(2)5-6;;;/h6-8H,3-5H2,1-2H3;3-5H,1-2H3;2*1H;/q2*-1;;;+4/p-2. The molecule has 0 aliphatic rings. The zero-order valence-corrected chi connectivity index (χ0v) is 16.8. The van der Waals surface area contributed by atoms with Gasteiger partial charge in [-0.15, -0.1) is 0 Å². The first-order chi connectivity index (χ1) is 9.53. The summed E-state index contributed by atoms with van der Waals surface area (Å²) < 4.78 is 0. The van der Waals surface area contributed by atoms with Crippen LogP contribution in [0.5, 0.6) is 0 Å². The van der Waals surface area contributed by atoms with E-state index in [1.165, 1.54) is 41.5 Å². The van der Waals surface area contributed by atoms with Crippen LogP contribution in [0, 0.1) is 20.8 Å². The summed E-state index contributed by atoms with van der Waals surface area (Å²) in [6, 6.07) is 13.1. The van der Waals surface area contributed by atoms with Crippen molar-refractivity contribution in [2.75, 3.05) is 0 Å². The average Bonchev–Trinajstić information content (AvgIpc) is 2.97. The Morgan fingerprint density at radius 3 is 1.90 bits per heavy atom. The summed E-state index contributed by atoms with van der Waals surface area (Å²) in [6.45, 7) is 8.59. The second kappa shape index (κ2) is 12.9. The van der Waals surface area contributed by atoms with Gasteiger partial charge in [0.2, 0.25) is 0 Å². The van der Waals surface area contributed by atoms with Gasteiger partial charge < -0.3 is 0 Å². The average molecular weight is 391 g/mol. The van der Waals surface area contributed by atoms with Gasteiger partial charge in [-0.2, -0.15) is 35.4 Å². The maximum absolute atomic E-state index is 4.93. The Balaban J connectivity index is 0.000000315. The number of hydrogen-bond acceptors (Lipinski definition) is 0. The molecule has 0 aliphatic carbocycles. The van der Waals surface area contributed by atoms with E-state index < -0.39 is 20.8 Å². The number of aryl methyl sites for hydroxylation is 4. The van der Waals surface area contributed by atoms with E-state index in [0.29, 0.717) is 0 Å². The summed E-state index contributed by atoms with van der Waals surface area (Å²) in [6.07, 6.45) is 3.87. The van der Waals surface area contributed by atoms with Gasteiger partial charge >= 0.3 is 37.9 Å². The molecule has 2 rings (SSSR count). The molecule has 0 heterocycles. The van der Waals surface area contributed by atoms with Crippen LogP contribution in [0.1, 0.15) is 42.0 Å². The third-order valence-corrected chi connectivity index (χ3v) is 2.86. The fraction of sp³-hybridized carbons (Fsp3) is 0.412. The molecule has 0 radical (unpaired) electrons. The Labute approximate surface area is 142 Å². The molecule has 0 saturated carbocycles. The van der Waals surface area contributed by atoms with Crippen LogP contribution >= 0.6 is 17.0 Å². The Hall–Kier alpha value is 0.163. The van der Waals surface area contributed by atoms with Gasteiger partial charge in [-0.1, -0.05) is 47.0 Å². The van der Waals surface area contributed by atoms with Gasteiger partial charge in [0, 0.05) is 0 Å². The molecule has 20 heavy (non-hydrogen) atoms. The van der Waals surface area contributed by atoms with E-state index in [1.54, 1.807) is 0 Å². The van der Waals surface area contributed by atoms with Crippen LogP contribution in [0.15, 0.2) is 36.4 Å². The van der Waals surface area contributed by atoms with Crippen molar-refractivity contribution in [1.82, 2.24) is 0 Å². The second-order valence-corrected chi connectivity index (χ2v) is 8.67. The van der Waals surface area contributed by atoms with E-state index in [2.05, 4.69) is 64.1 Å². The normalized spacial score (nSPS) is 8.90. The molecule has 0 spiro atoms. The molecule has 0 aromatic heterocycles. The van der Waals surface area contributed by atoms with Crippen LogP contribution < -0.4 is 0 Å². The zero-order valence-electron chi connectivity index (χ0n) is 12.8.